The molecule has 0 spiro atoms. The normalized spacial score (nSPS) is 10.8. The molecule has 4 aromatic rings. The predicted octanol–water partition coefficient (Wildman–Crippen LogP) is 4.33. The average Bonchev–Trinajstić information content (AvgIpc) is 3.28. The lowest BCUT2D eigenvalue weighted by molar-refractivity contribution is -0.119. The summed E-state index contributed by atoms with van der Waals surface area (Å²) in [5.41, 5.74) is 2.06. The SMILES string of the molecule is Cc1nn(-c2ccc(F)cc2)c2sc(C(=O)OCC(=O)Nc3ccccc3)cc12. The lowest BCUT2D eigenvalue weighted by Crippen LogP contribution is -2.20. The molecule has 0 aliphatic heterocycles. The first-order valence-corrected chi connectivity index (χ1v) is 9.60. The zero-order valence-electron chi connectivity index (χ0n) is 15.4. The molecule has 0 radical (unpaired) electrons. The van der Waals surface area contributed by atoms with Crippen molar-refractivity contribution in [3.63, 3.8) is 0 Å². The van der Waals surface area contributed by atoms with Gasteiger partial charge in [-0.3, -0.25) is 4.79 Å². The van der Waals surface area contributed by atoms with Crippen LogP contribution in [-0.4, -0.2) is 28.3 Å². The van der Waals surface area contributed by atoms with E-state index in [1.165, 1.54) is 23.5 Å². The summed E-state index contributed by atoms with van der Waals surface area (Å²) in [6.07, 6.45) is 0. The van der Waals surface area contributed by atoms with Crippen LogP contribution in [0, 0.1) is 12.7 Å². The molecule has 0 unspecified atom stereocenters. The molecule has 0 bridgehead atoms. The van der Waals surface area contributed by atoms with Gasteiger partial charge in [0.15, 0.2) is 6.61 Å². The molecule has 4 rings (SSSR count). The number of anilines is 1. The second-order valence-corrected chi connectivity index (χ2v) is 7.32. The van der Waals surface area contributed by atoms with Gasteiger partial charge in [0.1, 0.15) is 15.5 Å². The number of rotatable bonds is 5. The highest BCUT2D eigenvalue weighted by Crippen LogP contribution is 2.30. The van der Waals surface area contributed by atoms with E-state index in [2.05, 4.69) is 10.4 Å². The van der Waals surface area contributed by atoms with E-state index in [-0.39, 0.29) is 12.4 Å². The van der Waals surface area contributed by atoms with Crippen LogP contribution in [0.15, 0.2) is 60.7 Å². The molecule has 1 N–H and O–H groups in total. The minimum atomic E-state index is -0.584. The standard InChI is InChI=1S/C21H16FN3O3S/c1-13-17-11-18(21(27)28-12-19(26)23-15-5-3-2-4-6-15)29-20(17)25(24-13)16-9-7-14(22)8-10-16/h2-11H,12H2,1H3,(H,23,26). The van der Waals surface area contributed by atoms with Crippen LogP contribution in [0.4, 0.5) is 10.1 Å². The number of benzene rings is 2. The number of para-hydroxylation sites is 1. The van der Waals surface area contributed by atoms with Gasteiger partial charge in [-0.05, 0) is 49.4 Å². The quantitative estimate of drug-likeness (QED) is 0.498. The second-order valence-electron chi connectivity index (χ2n) is 6.29. The van der Waals surface area contributed by atoms with E-state index >= 15 is 0 Å². The Balaban J connectivity index is 1.49. The molecule has 0 atom stereocenters. The first kappa shape index (κ1) is 18.8. The summed E-state index contributed by atoms with van der Waals surface area (Å²) in [7, 11) is 0. The Kier molecular flexibility index (Phi) is 5.09. The van der Waals surface area contributed by atoms with Crippen LogP contribution in [0.2, 0.25) is 0 Å². The lowest BCUT2D eigenvalue weighted by Gasteiger charge is -2.05. The van der Waals surface area contributed by atoms with E-state index in [1.54, 1.807) is 47.1 Å². The number of nitrogens with one attached hydrogen (secondary N) is 1. The van der Waals surface area contributed by atoms with Crippen molar-refractivity contribution in [2.45, 2.75) is 6.92 Å². The van der Waals surface area contributed by atoms with E-state index < -0.39 is 11.9 Å². The third-order valence-corrected chi connectivity index (χ3v) is 5.30. The first-order valence-electron chi connectivity index (χ1n) is 8.78. The lowest BCUT2D eigenvalue weighted by atomic mass is 10.3. The Bertz CT molecular complexity index is 1180. The number of hydrogen-bond donors (Lipinski definition) is 1. The second kappa shape index (κ2) is 7.84. The van der Waals surface area contributed by atoms with Crippen LogP contribution in [0.3, 0.4) is 0 Å². The van der Waals surface area contributed by atoms with Crippen molar-refractivity contribution in [1.82, 2.24) is 9.78 Å². The maximum absolute atomic E-state index is 13.2. The number of esters is 1. The molecule has 0 aliphatic rings. The van der Waals surface area contributed by atoms with E-state index in [4.69, 9.17) is 4.74 Å². The minimum absolute atomic E-state index is 0.335. The van der Waals surface area contributed by atoms with Crippen LogP contribution in [0.5, 0.6) is 0 Å². The summed E-state index contributed by atoms with van der Waals surface area (Å²) in [6.45, 7) is 1.45. The van der Waals surface area contributed by atoms with Gasteiger partial charge in [0.25, 0.3) is 5.91 Å². The largest absolute Gasteiger partial charge is 0.451 e. The fraction of sp³-hybridized carbons (Fsp3) is 0.0952. The molecule has 0 saturated heterocycles. The smallest absolute Gasteiger partial charge is 0.348 e. The molecule has 0 aliphatic carbocycles. The zero-order chi connectivity index (χ0) is 20.4. The number of nitrogens with zero attached hydrogens (tertiary/aromatic N) is 2. The molecule has 0 saturated carbocycles. The number of carbonyl (C=O) groups excluding carboxylic acids is 2. The molecule has 6 nitrogen and oxygen atoms in total. The predicted molar refractivity (Wildman–Crippen MR) is 109 cm³/mol. The Morgan fingerprint density at radius 3 is 2.59 bits per heavy atom. The van der Waals surface area contributed by atoms with Gasteiger partial charge < -0.3 is 10.1 Å². The summed E-state index contributed by atoms with van der Waals surface area (Å²) in [5.74, 6) is -1.34. The highest BCUT2D eigenvalue weighted by molar-refractivity contribution is 7.20. The van der Waals surface area contributed by atoms with Crippen molar-refractivity contribution in [1.29, 1.82) is 0 Å². The summed E-state index contributed by atoms with van der Waals surface area (Å²) in [6, 6.07) is 16.6. The number of amides is 1. The number of fused-ring (bicyclic) bond motifs is 1. The number of carbonyl (C=O) groups is 2. The van der Waals surface area contributed by atoms with Crippen molar-refractivity contribution in [2.75, 3.05) is 11.9 Å². The molecule has 2 aromatic carbocycles. The summed E-state index contributed by atoms with van der Waals surface area (Å²) in [4.78, 5) is 25.5. The fourth-order valence-corrected chi connectivity index (χ4v) is 3.90. The van der Waals surface area contributed by atoms with E-state index in [0.717, 1.165) is 15.9 Å². The molecule has 29 heavy (non-hydrogen) atoms. The van der Waals surface area contributed by atoms with Gasteiger partial charge in [-0.2, -0.15) is 5.10 Å². The monoisotopic (exact) mass is 409 g/mol. The summed E-state index contributed by atoms with van der Waals surface area (Å²) < 4.78 is 20.0. The topological polar surface area (TPSA) is 73.2 Å². The van der Waals surface area contributed by atoms with Crippen molar-refractivity contribution >= 4 is 39.1 Å². The molecule has 2 aromatic heterocycles. The molecule has 146 valence electrons. The first-order chi connectivity index (χ1) is 14.0. The molecular weight excluding hydrogens is 393 g/mol. The highest BCUT2D eigenvalue weighted by Gasteiger charge is 2.19. The maximum Gasteiger partial charge on any atom is 0.348 e. The van der Waals surface area contributed by atoms with E-state index in [0.29, 0.717) is 16.3 Å². The highest BCUT2D eigenvalue weighted by atomic mass is 32.1. The number of hydrogen-bond acceptors (Lipinski definition) is 5. The Morgan fingerprint density at radius 1 is 1.14 bits per heavy atom. The van der Waals surface area contributed by atoms with Crippen LogP contribution in [0.25, 0.3) is 15.9 Å². The van der Waals surface area contributed by atoms with Gasteiger partial charge >= 0.3 is 5.97 Å². The number of thiophene rings is 1. The third kappa shape index (κ3) is 4.02. The molecule has 2 heterocycles. The van der Waals surface area contributed by atoms with Crippen LogP contribution in [0.1, 0.15) is 15.4 Å². The van der Waals surface area contributed by atoms with Gasteiger partial charge in [0, 0.05) is 11.1 Å². The third-order valence-electron chi connectivity index (χ3n) is 4.21. The van der Waals surface area contributed by atoms with Crippen molar-refractivity contribution < 1.29 is 18.7 Å². The van der Waals surface area contributed by atoms with Gasteiger partial charge in [-0.15, -0.1) is 11.3 Å². The average molecular weight is 409 g/mol. The van der Waals surface area contributed by atoms with Crippen LogP contribution < -0.4 is 5.32 Å². The molecular formula is C21H16FN3O3S. The van der Waals surface area contributed by atoms with Gasteiger partial charge in [0.05, 0.1) is 11.4 Å². The summed E-state index contributed by atoms with van der Waals surface area (Å²) in [5, 5.41) is 7.92. The Morgan fingerprint density at radius 2 is 1.86 bits per heavy atom. The van der Waals surface area contributed by atoms with Crippen LogP contribution >= 0.6 is 11.3 Å². The maximum atomic E-state index is 13.2. The van der Waals surface area contributed by atoms with E-state index in [1.807, 2.05) is 13.0 Å². The van der Waals surface area contributed by atoms with E-state index in [9.17, 15) is 14.0 Å². The van der Waals surface area contributed by atoms with Gasteiger partial charge in [0.2, 0.25) is 0 Å². The zero-order valence-corrected chi connectivity index (χ0v) is 16.2. The van der Waals surface area contributed by atoms with Crippen LogP contribution in [-0.2, 0) is 9.53 Å². The molecule has 0 fully saturated rings. The Labute approximate surface area is 169 Å². The van der Waals surface area contributed by atoms with Crippen molar-refractivity contribution in [2.24, 2.45) is 0 Å². The fourth-order valence-electron chi connectivity index (χ4n) is 2.83. The molecule has 8 heteroatoms. The number of ether oxygens (including phenoxy) is 1. The number of aryl methyl sites for hydroxylation is 1. The number of halogens is 1. The van der Waals surface area contributed by atoms with Gasteiger partial charge in [-0.1, -0.05) is 18.2 Å². The van der Waals surface area contributed by atoms with Gasteiger partial charge in [-0.25, -0.2) is 13.9 Å². The Hall–Kier alpha value is -3.52. The summed E-state index contributed by atoms with van der Waals surface area (Å²) >= 11 is 1.21. The minimum Gasteiger partial charge on any atom is -0.451 e. The van der Waals surface area contributed by atoms with Crippen molar-refractivity contribution in [3.05, 3.63) is 77.1 Å². The van der Waals surface area contributed by atoms with Crippen molar-refractivity contribution in [3.8, 4) is 5.69 Å². The number of aromatic nitrogens is 2. The molecule has 1 amide bonds.